The van der Waals surface area contributed by atoms with E-state index in [2.05, 4.69) is 5.32 Å². The Morgan fingerprint density at radius 3 is 2.53 bits per heavy atom. The van der Waals surface area contributed by atoms with Gasteiger partial charge in [-0.25, -0.2) is 4.39 Å². The van der Waals surface area contributed by atoms with E-state index in [0.717, 1.165) is 5.56 Å². The predicted octanol–water partition coefficient (Wildman–Crippen LogP) is 1.00. The molecule has 0 aliphatic carbocycles. The van der Waals surface area contributed by atoms with E-state index in [1.807, 2.05) is 0 Å². The largest absolute Gasteiger partial charge is 0.356 e. The zero-order valence-corrected chi connectivity index (χ0v) is 8.66. The summed E-state index contributed by atoms with van der Waals surface area (Å²) in [5.41, 5.74) is 6.52. The standard InChI is InChI=1S/C11H15FN2O/c1-8(15)14-7-10(6-13)9-2-4-11(12)5-3-9/h2-5,10H,6-7,13H2,1H3,(H,14,15). The summed E-state index contributed by atoms with van der Waals surface area (Å²) in [6, 6.07) is 6.17. The topological polar surface area (TPSA) is 55.1 Å². The maximum Gasteiger partial charge on any atom is 0.216 e. The molecule has 15 heavy (non-hydrogen) atoms. The van der Waals surface area contributed by atoms with E-state index >= 15 is 0 Å². The maximum atomic E-state index is 12.7. The smallest absolute Gasteiger partial charge is 0.216 e. The van der Waals surface area contributed by atoms with Crippen molar-refractivity contribution in [2.75, 3.05) is 13.1 Å². The van der Waals surface area contributed by atoms with Gasteiger partial charge in [-0.15, -0.1) is 0 Å². The van der Waals surface area contributed by atoms with Gasteiger partial charge in [0.2, 0.25) is 5.91 Å². The fraction of sp³-hybridized carbons (Fsp3) is 0.364. The molecule has 4 heteroatoms. The van der Waals surface area contributed by atoms with Crippen molar-refractivity contribution in [3.8, 4) is 0 Å². The van der Waals surface area contributed by atoms with Crippen LogP contribution in [0.2, 0.25) is 0 Å². The molecule has 0 aliphatic rings. The molecule has 1 aromatic carbocycles. The lowest BCUT2D eigenvalue weighted by Crippen LogP contribution is -2.29. The summed E-state index contributed by atoms with van der Waals surface area (Å²) < 4.78 is 12.7. The molecule has 3 nitrogen and oxygen atoms in total. The molecule has 1 amide bonds. The third kappa shape index (κ3) is 3.67. The van der Waals surface area contributed by atoms with Gasteiger partial charge in [0.25, 0.3) is 0 Å². The molecule has 0 spiro atoms. The van der Waals surface area contributed by atoms with E-state index in [4.69, 9.17) is 5.73 Å². The fourth-order valence-corrected chi connectivity index (χ4v) is 1.34. The summed E-state index contributed by atoms with van der Waals surface area (Å²) in [5, 5.41) is 2.70. The quantitative estimate of drug-likeness (QED) is 0.779. The molecule has 1 atom stereocenters. The Balaban J connectivity index is 2.65. The summed E-state index contributed by atoms with van der Waals surface area (Å²) >= 11 is 0. The van der Waals surface area contributed by atoms with Crippen LogP contribution < -0.4 is 11.1 Å². The molecule has 82 valence electrons. The van der Waals surface area contributed by atoms with Crippen LogP contribution in [0.5, 0.6) is 0 Å². The molecule has 0 heterocycles. The van der Waals surface area contributed by atoms with Crippen LogP contribution in [0.25, 0.3) is 0 Å². The van der Waals surface area contributed by atoms with Gasteiger partial charge in [0.1, 0.15) is 5.82 Å². The van der Waals surface area contributed by atoms with E-state index in [1.54, 1.807) is 12.1 Å². The molecule has 0 radical (unpaired) electrons. The number of benzene rings is 1. The van der Waals surface area contributed by atoms with Crippen LogP contribution in [0.3, 0.4) is 0 Å². The van der Waals surface area contributed by atoms with Gasteiger partial charge in [-0.2, -0.15) is 0 Å². The number of carbonyl (C=O) groups excluding carboxylic acids is 1. The van der Waals surface area contributed by atoms with Gasteiger partial charge in [-0.3, -0.25) is 4.79 Å². The molecule has 0 aromatic heterocycles. The summed E-state index contributed by atoms with van der Waals surface area (Å²) in [6.07, 6.45) is 0. The second kappa shape index (κ2) is 5.46. The van der Waals surface area contributed by atoms with Gasteiger partial charge in [0.15, 0.2) is 0 Å². The van der Waals surface area contributed by atoms with Gasteiger partial charge < -0.3 is 11.1 Å². The first-order chi connectivity index (χ1) is 7.13. The van der Waals surface area contributed by atoms with Crippen molar-refractivity contribution in [2.45, 2.75) is 12.8 Å². The van der Waals surface area contributed by atoms with Crippen molar-refractivity contribution in [3.63, 3.8) is 0 Å². The zero-order chi connectivity index (χ0) is 11.3. The zero-order valence-electron chi connectivity index (χ0n) is 8.66. The molecular formula is C11H15FN2O. The van der Waals surface area contributed by atoms with Gasteiger partial charge in [0.05, 0.1) is 0 Å². The SMILES string of the molecule is CC(=O)NCC(CN)c1ccc(F)cc1. The lowest BCUT2D eigenvalue weighted by molar-refractivity contribution is -0.119. The molecular weight excluding hydrogens is 195 g/mol. The number of hydrogen-bond acceptors (Lipinski definition) is 2. The molecule has 0 fully saturated rings. The molecule has 0 aliphatic heterocycles. The molecule has 0 saturated heterocycles. The third-order valence-corrected chi connectivity index (χ3v) is 2.22. The maximum absolute atomic E-state index is 12.7. The van der Waals surface area contributed by atoms with Gasteiger partial charge >= 0.3 is 0 Å². The Kier molecular flexibility index (Phi) is 4.24. The van der Waals surface area contributed by atoms with E-state index in [1.165, 1.54) is 19.1 Å². The van der Waals surface area contributed by atoms with E-state index in [-0.39, 0.29) is 17.6 Å². The molecule has 1 rings (SSSR count). The molecule has 3 N–H and O–H groups in total. The number of nitrogens with two attached hydrogens (primary N) is 1. The minimum atomic E-state index is -0.269. The van der Waals surface area contributed by atoms with Gasteiger partial charge in [-0.1, -0.05) is 12.1 Å². The van der Waals surface area contributed by atoms with Gasteiger partial charge in [0, 0.05) is 25.9 Å². The van der Waals surface area contributed by atoms with Crippen molar-refractivity contribution >= 4 is 5.91 Å². The number of carbonyl (C=O) groups is 1. The fourth-order valence-electron chi connectivity index (χ4n) is 1.34. The Morgan fingerprint density at radius 1 is 1.47 bits per heavy atom. The van der Waals surface area contributed by atoms with Crippen molar-refractivity contribution in [1.29, 1.82) is 0 Å². The van der Waals surface area contributed by atoms with Crippen molar-refractivity contribution in [1.82, 2.24) is 5.32 Å². The molecule has 0 saturated carbocycles. The first kappa shape index (κ1) is 11.7. The number of amides is 1. The monoisotopic (exact) mass is 210 g/mol. The van der Waals surface area contributed by atoms with Crippen LogP contribution in [0.15, 0.2) is 24.3 Å². The van der Waals surface area contributed by atoms with Crippen LogP contribution in [-0.4, -0.2) is 19.0 Å². The van der Waals surface area contributed by atoms with Crippen LogP contribution in [-0.2, 0) is 4.79 Å². The van der Waals surface area contributed by atoms with Gasteiger partial charge in [-0.05, 0) is 17.7 Å². The van der Waals surface area contributed by atoms with Crippen molar-refractivity contribution < 1.29 is 9.18 Å². The highest BCUT2D eigenvalue weighted by Gasteiger charge is 2.09. The highest BCUT2D eigenvalue weighted by atomic mass is 19.1. The summed E-state index contributed by atoms with van der Waals surface area (Å²) in [6.45, 7) is 2.36. The Labute approximate surface area is 88.5 Å². The third-order valence-electron chi connectivity index (χ3n) is 2.22. The predicted molar refractivity (Wildman–Crippen MR) is 56.9 cm³/mol. The van der Waals surface area contributed by atoms with Crippen molar-refractivity contribution in [2.24, 2.45) is 5.73 Å². The van der Waals surface area contributed by atoms with Crippen molar-refractivity contribution in [3.05, 3.63) is 35.6 Å². The average Bonchev–Trinajstić information content (AvgIpc) is 2.21. The number of hydrogen-bond donors (Lipinski definition) is 2. The van der Waals surface area contributed by atoms with E-state index < -0.39 is 0 Å². The Hall–Kier alpha value is -1.42. The summed E-state index contributed by atoms with van der Waals surface area (Å²) in [5.74, 6) is -0.320. The minimum absolute atomic E-state index is 0.0366. The van der Waals surface area contributed by atoms with Crippen LogP contribution >= 0.6 is 0 Å². The second-order valence-electron chi connectivity index (χ2n) is 3.42. The first-order valence-corrected chi connectivity index (χ1v) is 4.83. The van der Waals surface area contributed by atoms with E-state index in [0.29, 0.717) is 13.1 Å². The number of nitrogens with one attached hydrogen (secondary N) is 1. The van der Waals surface area contributed by atoms with Crippen LogP contribution in [0.4, 0.5) is 4.39 Å². The highest BCUT2D eigenvalue weighted by Crippen LogP contribution is 2.14. The Morgan fingerprint density at radius 2 is 2.07 bits per heavy atom. The summed E-state index contributed by atoms with van der Waals surface area (Å²) in [4.78, 5) is 10.7. The molecule has 1 unspecified atom stereocenters. The number of halogens is 1. The summed E-state index contributed by atoms with van der Waals surface area (Å²) in [7, 11) is 0. The molecule has 1 aromatic rings. The Bertz CT molecular complexity index is 324. The lowest BCUT2D eigenvalue weighted by Gasteiger charge is -2.15. The van der Waals surface area contributed by atoms with Crippen LogP contribution in [0.1, 0.15) is 18.4 Å². The normalized spacial score (nSPS) is 12.2. The first-order valence-electron chi connectivity index (χ1n) is 4.83. The van der Waals surface area contributed by atoms with E-state index in [9.17, 15) is 9.18 Å². The highest BCUT2D eigenvalue weighted by molar-refractivity contribution is 5.72. The van der Waals surface area contributed by atoms with Crippen LogP contribution in [0, 0.1) is 5.82 Å². The average molecular weight is 210 g/mol. The second-order valence-corrected chi connectivity index (χ2v) is 3.42. The molecule has 0 bridgehead atoms. The minimum Gasteiger partial charge on any atom is -0.356 e. The lowest BCUT2D eigenvalue weighted by atomic mass is 9.99. The number of rotatable bonds is 4.